The van der Waals surface area contributed by atoms with E-state index in [0.29, 0.717) is 29.6 Å². The maximum atomic E-state index is 12.7. The fourth-order valence-corrected chi connectivity index (χ4v) is 3.27. The highest BCUT2D eigenvalue weighted by Gasteiger charge is 2.40. The van der Waals surface area contributed by atoms with E-state index in [9.17, 15) is 4.79 Å². The van der Waals surface area contributed by atoms with Crippen molar-refractivity contribution in [2.24, 2.45) is 0 Å². The van der Waals surface area contributed by atoms with Crippen molar-refractivity contribution in [3.63, 3.8) is 0 Å². The molecule has 0 aliphatic carbocycles. The van der Waals surface area contributed by atoms with Crippen LogP contribution in [0.2, 0.25) is 0 Å². The Labute approximate surface area is 125 Å². The lowest BCUT2D eigenvalue weighted by atomic mass is 10.2. The zero-order valence-corrected chi connectivity index (χ0v) is 12.9. The van der Waals surface area contributed by atoms with Crippen LogP contribution in [-0.2, 0) is 4.74 Å². The van der Waals surface area contributed by atoms with Crippen LogP contribution >= 0.6 is 11.3 Å². The maximum Gasteiger partial charge on any atom is 0.266 e. The standard InChI is InChI=1S/C13H16N4O3S/c1-7-11(21-6-14-7)13(18)17-5-9(19-3)4-10(17)12-15-8(2)16-20-12/h6,9-10H,4-5H2,1-3H3/t9-,10+/m0/s1. The number of likely N-dealkylation sites (tertiary alicyclic amines) is 1. The Bertz CT molecular complexity index is 653. The molecule has 3 rings (SSSR count). The Morgan fingerprint density at radius 2 is 2.33 bits per heavy atom. The summed E-state index contributed by atoms with van der Waals surface area (Å²) in [4.78, 5) is 23.5. The molecule has 1 aliphatic heterocycles. The molecule has 8 heteroatoms. The monoisotopic (exact) mass is 308 g/mol. The van der Waals surface area contributed by atoms with Crippen LogP contribution in [0.5, 0.6) is 0 Å². The number of rotatable bonds is 3. The van der Waals surface area contributed by atoms with Gasteiger partial charge in [-0.2, -0.15) is 4.98 Å². The highest BCUT2D eigenvalue weighted by atomic mass is 32.1. The fraction of sp³-hybridized carbons (Fsp3) is 0.538. The second-order valence-corrected chi connectivity index (χ2v) is 5.87. The van der Waals surface area contributed by atoms with Gasteiger partial charge in [0, 0.05) is 20.1 Å². The van der Waals surface area contributed by atoms with Crippen molar-refractivity contribution in [2.45, 2.75) is 32.4 Å². The summed E-state index contributed by atoms with van der Waals surface area (Å²) in [5.41, 5.74) is 2.42. The topological polar surface area (TPSA) is 81.4 Å². The van der Waals surface area contributed by atoms with E-state index < -0.39 is 0 Å². The third kappa shape index (κ3) is 2.56. The molecule has 1 amide bonds. The molecule has 1 fully saturated rings. The van der Waals surface area contributed by atoms with E-state index in [1.807, 2.05) is 6.92 Å². The Hall–Kier alpha value is -1.80. The minimum Gasteiger partial charge on any atom is -0.380 e. The first-order valence-corrected chi connectivity index (χ1v) is 7.52. The van der Waals surface area contributed by atoms with Gasteiger partial charge in [0.25, 0.3) is 5.91 Å². The van der Waals surface area contributed by atoms with E-state index in [0.717, 1.165) is 5.69 Å². The zero-order chi connectivity index (χ0) is 15.0. The van der Waals surface area contributed by atoms with Crippen LogP contribution in [0, 0.1) is 13.8 Å². The van der Waals surface area contributed by atoms with E-state index in [4.69, 9.17) is 9.26 Å². The first kappa shape index (κ1) is 14.2. The number of amides is 1. The molecular weight excluding hydrogens is 292 g/mol. The Morgan fingerprint density at radius 1 is 1.52 bits per heavy atom. The lowest BCUT2D eigenvalue weighted by Crippen LogP contribution is -2.32. The molecule has 1 saturated heterocycles. The quantitative estimate of drug-likeness (QED) is 0.859. The number of hydrogen-bond donors (Lipinski definition) is 0. The van der Waals surface area contributed by atoms with Gasteiger partial charge in [0.1, 0.15) is 10.9 Å². The molecular formula is C13H16N4O3S. The zero-order valence-electron chi connectivity index (χ0n) is 12.1. The van der Waals surface area contributed by atoms with Gasteiger partial charge in [-0.1, -0.05) is 5.16 Å². The first-order valence-electron chi connectivity index (χ1n) is 6.64. The number of ether oxygens (including phenoxy) is 1. The summed E-state index contributed by atoms with van der Waals surface area (Å²) in [6, 6.07) is -0.245. The second kappa shape index (κ2) is 5.53. The van der Waals surface area contributed by atoms with Crippen LogP contribution in [0.15, 0.2) is 10.0 Å². The lowest BCUT2D eigenvalue weighted by Gasteiger charge is -2.21. The summed E-state index contributed by atoms with van der Waals surface area (Å²) >= 11 is 1.35. The van der Waals surface area contributed by atoms with E-state index in [2.05, 4.69) is 15.1 Å². The van der Waals surface area contributed by atoms with Gasteiger partial charge in [-0.3, -0.25) is 4.79 Å². The Balaban J connectivity index is 1.91. The fourth-order valence-electron chi connectivity index (χ4n) is 2.51. The molecule has 0 radical (unpaired) electrons. The van der Waals surface area contributed by atoms with Gasteiger partial charge in [-0.05, 0) is 13.8 Å². The van der Waals surface area contributed by atoms with Crippen LogP contribution in [-0.4, -0.2) is 45.7 Å². The Morgan fingerprint density at radius 3 is 2.90 bits per heavy atom. The lowest BCUT2D eigenvalue weighted by molar-refractivity contribution is 0.0674. The number of nitrogens with zero attached hydrogens (tertiary/aromatic N) is 4. The summed E-state index contributed by atoms with van der Waals surface area (Å²) in [5.74, 6) is 0.963. The van der Waals surface area contributed by atoms with Crippen LogP contribution in [0.4, 0.5) is 0 Å². The predicted molar refractivity (Wildman–Crippen MR) is 75.1 cm³/mol. The summed E-state index contributed by atoms with van der Waals surface area (Å²) in [5, 5.41) is 3.81. The molecule has 0 N–H and O–H groups in total. The molecule has 1 aliphatic rings. The average molecular weight is 308 g/mol. The third-order valence-electron chi connectivity index (χ3n) is 3.63. The largest absolute Gasteiger partial charge is 0.380 e. The van der Waals surface area contributed by atoms with Crippen molar-refractivity contribution in [1.29, 1.82) is 0 Å². The van der Waals surface area contributed by atoms with Gasteiger partial charge in [0.05, 0.1) is 17.3 Å². The van der Waals surface area contributed by atoms with Crippen LogP contribution < -0.4 is 0 Å². The van der Waals surface area contributed by atoms with E-state index >= 15 is 0 Å². The highest BCUT2D eigenvalue weighted by molar-refractivity contribution is 7.11. The van der Waals surface area contributed by atoms with Crippen molar-refractivity contribution >= 4 is 17.2 Å². The number of methoxy groups -OCH3 is 1. The molecule has 3 heterocycles. The summed E-state index contributed by atoms with van der Waals surface area (Å²) in [6.45, 7) is 4.10. The molecule has 112 valence electrons. The number of thiazole rings is 1. The van der Waals surface area contributed by atoms with E-state index in [1.165, 1.54) is 11.3 Å². The van der Waals surface area contributed by atoms with Gasteiger partial charge < -0.3 is 14.2 Å². The number of aromatic nitrogens is 3. The van der Waals surface area contributed by atoms with Gasteiger partial charge in [-0.15, -0.1) is 11.3 Å². The summed E-state index contributed by atoms with van der Waals surface area (Å²) in [7, 11) is 1.65. The van der Waals surface area contributed by atoms with Gasteiger partial charge in [0.15, 0.2) is 5.82 Å². The molecule has 0 bridgehead atoms. The van der Waals surface area contributed by atoms with E-state index in [-0.39, 0.29) is 18.1 Å². The van der Waals surface area contributed by atoms with Crippen molar-refractivity contribution < 1.29 is 14.1 Å². The molecule has 2 aromatic heterocycles. The summed E-state index contributed by atoms with van der Waals surface area (Å²) in [6.07, 6.45) is 0.626. The highest BCUT2D eigenvalue weighted by Crippen LogP contribution is 2.34. The molecule has 7 nitrogen and oxygen atoms in total. The van der Waals surface area contributed by atoms with Crippen molar-refractivity contribution in [3.8, 4) is 0 Å². The average Bonchev–Trinajstić information content (AvgIpc) is 3.16. The maximum absolute atomic E-state index is 12.7. The molecule has 21 heavy (non-hydrogen) atoms. The van der Waals surface area contributed by atoms with Gasteiger partial charge in [-0.25, -0.2) is 4.98 Å². The number of hydrogen-bond acceptors (Lipinski definition) is 7. The molecule has 0 saturated carbocycles. The number of aryl methyl sites for hydroxylation is 2. The molecule has 0 spiro atoms. The van der Waals surface area contributed by atoms with Crippen molar-refractivity contribution in [2.75, 3.05) is 13.7 Å². The normalized spacial score (nSPS) is 22.0. The van der Waals surface area contributed by atoms with Gasteiger partial charge >= 0.3 is 0 Å². The molecule has 0 unspecified atom stereocenters. The predicted octanol–water partition coefficient (Wildman–Crippen LogP) is 1.75. The first-order chi connectivity index (χ1) is 10.1. The number of carbonyl (C=O) groups excluding carboxylic acids is 1. The van der Waals surface area contributed by atoms with Crippen molar-refractivity contribution in [3.05, 3.63) is 27.8 Å². The van der Waals surface area contributed by atoms with Gasteiger partial charge in [0.2, 0.25) is 5.89 Å². The SMILES string of the molecule is CO[C@H]1C[C@H](c2nc(C)no2)N(C(=O)c2scnc2C)C1. The molecule has 0 aromatic carbocycles. The molecule has 2 aromatic rings. The Kier molecular flexibility index (Phi) is 3.73. The van der Waals surface area contributed by atoms with E-state index in [1.54, 1.807) is 24.4 Å². The summed E-state index contributed by atoms with van der Waals surface area (Å²) < 4.78 is 10.6. The van der Waals surface area contributed by atoms with Crippen LogP contribution in [0.3, 0.4) is 0 Å². The molecule has 2 atom stereocenters. The minimum absolute atomic E-state index is 0.0283. The number of carbonyl (C=O) groups is 1. The second-order valence-electron chi connectivity index (χ2n) is 5.01. The third-order valence-corrected chi connectivity index (χ3v) is 4.54. The van der Waals surface area contributed by atoms with Crippen molar-refractivity contribution in [1.82, 2.24) is 20.0 Å². The van der Waals surface area contributed by atoms with Crippen LogP contribution in [0.25, 0.3) is 0 Å². The smallest absolute Gasteiger partial charge is 0.266 e. The van der Waals surface area contributed by atoms with Crippen LogP contribution in [0.1, 0.15) is 39.5 Å². The minimum atomic E-state index is -0.245.